The Balaban J connectivity index is 1.38. The van der Waals surface area contributed by atoms with E-state index in [0.717, 1.165) is 22.3 Å². The zero-order chi connectivity index (χ0) is 44.3. The van der Waals surface area contributed by atoms with Crippen molar-refractivity contribution in [3.63, 3.8) is 0 Å². The predicted octanol–water partition coefficient (Wildman–Crippen LogP) is 3.06. The van der Waals surface area contributed by atoms with E-state index in [2.05, 4.69) is 26.6 Å². The third-order valence-corrected chi connectivity index (χ3v) is 11.2. The van der Waals surface area contributed by atoms with Crippen LogP contribution in [0.15, 0.2) is 48.5 Å². The van der Waals surface area contributed by atoms with Crippen molar-refractivity contribution in [2.45, 2.75) is 123 Å². The van der Waals surface area contributed by atoms with E-state index >= 15 is 0 Å². The van der Waals surface area contributed by atoms with Crippen LogP contribution in [0.25, 0.3) is 11.1 Å². The van der Waals surface area contributed by atoms with Crippen LogP contribution in [0.2, 0.25) is 0 Å². The summed E-state index contributed by atoms with van der Waals surface area (Å²) >= 11 is 0. The number of aliphatic hydroxyl groups is 1. The molecule has 328 valence electrons. The fraction of sp³-hybridized carbons (Fsp3) is 0.568. The molecule has 1 aliphatic heterocycles. The van der Waals surface area contributed by atoms with Gasteiger partial charge in [-0.15, -0.1) is 0 Å². The normalized spacial score (nSPS) is 17.6. The molecule has 16 nitrogen and oxygen atoms in total. The van der Waals surface area contributed by atoms with Crippen molar-refractivity contribution in [2.75, 3.05) is 19.8 Å². The molecule has 1 heterocycles. The number of nitrogens with one attached hydrogen (secondary N) is 5. The molecular weight excluding hydrogens is 773 g/mol. The van der Waals surface area contributed by atoms with Crippen LogP contribution < -0.4 is 26.6 Å². The van der Waals surface area contributed by atoms with Gasteiger partial charge < -0.3 is 46.4 Å². The molecule has 4 rings (SSSR count). The lowest BCUT2D eigenvalue weighted by atomic mass is 9.96. The zero-order valence-electron chi connectivity index (χ0n) is 35.7. The van der Waals surface area contributed by atoms with Gasteiger partial charge in [0.15, 0.2) is 0 Å². The van der Waals surface area contributed by atoms with Crippen molar-refractivity contribution in [2.24, 2.45) is 17.8 Å². The molecule has 0 radical (unpaired) electrons. The first-order valence-corrected chi connectivity index (χ1v) is 20.9. The van der Waals surface area contributed by atoms with Crippen LogP contribution in [0.3, 0.4) is 0 Å². The van der Waals surface area contributed by atoms with E-state index in [1.54, 1.807) is 13.8 Å². The van der Waals surface area contributed by atoms with Crippen LogP contribution in [0, 0.1) is 17.8 Å². The smallest absolute Gasteiger partial charge is 0.407 e. The minimum atomic E-state index is -1.57. The SMILES string of the molecule is CC[C@H](C)[C@H](NC(=O)[C@H](CC(C)C)NC(=O)[C@H](C)NC(=O)[C@@H]1CCCN1C(=O)[C@H](CC(C)C)NC(=O)OCC1c2ccccc2-c2ccccc21)C(=O)N[C@@H](CO)C(=O)O. The van der Waals surface area contributed by atoms with Gasteiger partial charge in [-0.05, 0) is 72.6 Å². The number of benzene rings is 2. The van der Waals surface area contributed by atoms with E-state index in [0.29, 0.717) is 25.7 Å². The lowest BCUT2D eigenvalue weighted by Crippen LogP contribution is -2.60. The summed E-state index contributed by atoms with van der Waals surface area (Å²) in [5.74, 6) is -5.25. The number of carboxylic acids is 1. The van der Waals surface area contributed by atoms with Gasteiger partial charge in [0.25, 0.3) is 0 Å². The number of nitrogens with zero attached hydrogens (tertiary/aromatic N) is 1. The quantitative estimate of drug-likeness (QED) is 0.103. The highest BCUT2D eigenvalue weighted by Gasteiger charge is 2.40. The second kappa shape index (κ2) is 21.7. The minimum absolute atomic E-state index is 0.0134. The summed E-state index contributed by atoms with van der Waals surface area (Å²) in [5, 5.41) is 31.7. The number of fused-ring (bicyclic) bond motifs is 3. The standard InChI is InChI=1S/C44H62N6O10/c1-8-26(6)37(41(55)47-35(22-51)43(57)58)49-39(53)33(20-24(2)3)46-38(52)27(7)45-40(54)36-18-13-19-50(36)42(56)34(21-25(4)5)48-44(59)60-23-32-30-16-11-9-14-28(30)29-15-10-12-17-31(29)32/h9-12,14-17,24-27,32-37,51H,8,13,18-23H2,1-7H3,(H,45,54)(H,46,52)(H,47,55)(H,48,59)(H,49,53)(H,57,58)/t26-,27-,33-,34-,35-,36-,37-/m0/s1. The van der Waals surface area contributed by atoms with Gasteiger partial charge in [0.1, 0.15) is 42.9 Å². The number of likely N-dealkylation sites (tertiary alicyclic amines) is 1. The van der Waals surface area contributed by atoms with E-state index in [1.807, 2.05) is 76.2 Å². The Bertz CT molecular complexity index is 1820. The molecular formula is C44H62N6O10. The Hall–Kier alpha value is -5.51. The van der Waals surface area contributed by atoms with Gasteiger partial charge in [-0.1, -0.05) is 96.5 Å². The number of amides is 6. The first-order chi connectivity index (χ1) is 28.5. The van der Waals surface area contributed by atoms with E-state index in [9.17, 15) is 43.8 Å². The number of carbonyl (C=O) groups excluding carboxylic acids is 6. The molecule has 1 saturated heterocycles. The van der Waals surface area contributed by atoms with Gasteiger partial charge in [0, 0.05) is 12.5 Å². The second-order valence-electron chi connectivity index (χ2n) is 16.7. The molecule has 1 fully saturated rings. The highest BCUT2D eigenvalue weighted by Crippen LogP contribution is 2.44. The van der Waals surface area contributed by atoms with Crippen molar-refractivity contribution in [1.82, 2.24) is 31.5 Å². The largest absolute Gasteiger partial charge is 0.480 e. The Morgan fingerprint density at radius 3 is 1.85 bits per heavy atom. The first-order valence-electron chi connectivity index (χ1n) is 20.9. The number of aliphatic carboxylic acids is 1. The molecule has 0 aromatic heterocycles. The number of carbonyl (C=O) groups is 7. The maximum atomic E-state index is 14.1. The maximum Gasteiger partial charge on any atom is 0.407 e. The molecule has 7 atom stereocenters. The van der Waals surface area contributed by atoms with E-state index in [-0.39, 0.29) is 37.3 Å². The molecule has 0 spiro atoms. The summed E-state index contributed by atoms with van der Waals surface area (Å²) in [6.45, 7) is 12.0. The van der Waals surface area contributed by atoms with E-state index < -0.39 is 90.4 Å². The number of rotatable bonds is 20. The zero-order valence-corrected chi connectivity index (χ0v) is 35.7. The lowest BCUT2D eigenvalue weighted by molar-refractivity contribution is -0.143. The van der Waals surface area contributed by atoms with Crippen LogP contribution >= 0.6 is 0 Å². The monoisotopic (exact) mass is 834 g/mol. The fourth-order valence-electron chi connectivity index (χ4n) is 7.76. The fourth-order valence-corrected chi connectivity index (χ4v) is 7.76. The first kappa shape index (κ1) is 47.2. The van der Waals surface area contributed by atoms with Crippen molar-refractivity contribution in [3.8, 4) is 11.1 Å². The summed E-state index contributed by atoms with van der Waals surface area (Å²) in [4.78, 5) is 94.0. The van der Waals surface area contributed by atoms with Crippen molar-refractivity contribution >= 4 is 41.6 Å². The van der Waals surface area contributed by atoms with Crippen molar-refractivity contribution in [1.29, 1.82) is 0 Å². The second-order valence-corrected chi connectivity index (χ2v) is 16.7. The third kappa shape index (κ3) is 12.0. The van der Waals surface area contributed by atoms with Crippen LogP contribution in [-0.4, -0.2) is 113 Å². The maximum absolute atomic E-state index is 14.1. The molecule has 2 aromatic rings. The summed E-state index contributed by atoms with van der Waals surface area (Å²) in [6.07, 6.45) is 1.04. The number of carboxylic acid groups (broad SMARTS) is 1. The summed E-state index contributed by atoms with van der Waals surface area (Å²) < 4.78 is 5.75. The average Bonchev–Trinajstić information content (AvgIpc) is 3.83. The minimum Gasteiger partial charge on any atom is -0.480 e. The summed E-state index contributed by atoms with van der Waals surface area (Å²) in [7, 11) is 0. The molecule has 2 aromatic carbocycles. The predicted molar refractivity (Wildman–Crippen MR) is 223 cm³/mol. The molecule has 60 heavy (non-hydrogen) atoms. The average molecular weight is 835 g/mol. The van der Waals surface area contributed by atoms with Gasteiger partial charge in [-0.2, -0.15) is 0 Å². The number of alkyl carbamates (subject to hydrolysis) is 1. The van der Waals surface area contributed by atoms with Crippen LogP contribution in [0.1, 0.15) is 97.6 Å². The Morgan fingerprint density at radius 1 is 0.733 bits per heavy atom. The Labute approximate surface area is 351 Å². The van der Waals surface area contributed by atoms with Gasteiger partial charge in [-0.25, -0.2) is 9.59 Å². The summed E-state index contributed by atoms with van der Waals surface area (Å²) in [5.41, 5.74) is 4.29. The van der Waals surface area contributed by atoms with Crippen LogP contribution in [0.4, 0.5) is 4.79 Å². The molecule has 0 bridgehead atoms. The van der Waals surface area contributed by atoms with Gasteiger partial charge in [0.05, 0.1) is 6.61 Å². The third-order valence-electron chi connectivity index (χ3n) is 11.2. The highest BCUT2D eigenvalue weighted by atomic mass is 16.5. The molecule has 1 aliphatic carbocycles. The van der Waals surface area contributed by atoms with E-state index in [1.165, 1.54) is 11.8 Å². The number of ether oxygens (including phenoxy) is 1. The van der Waals surface area contributed by atoms with Crippen molar-refractivity contribution < 1.29 is 48.5 Å². The van der Waals surface area contributed by atoms with Gasteiger partial charge in [0.2, 0.25) is 29.5 Å². The van der Waals surface area contributed by atoms with Crippen LogP contribution in [-0.2, 0) is 33.5 Å². The van der Waals surface area contributed by atoms with E-state index in [4.69, 9.17) is 4.74 Å². The van der Waals surface area contributed by atoms with Crippen LogP contribution in [0.5, 0.6) is 0 Å². The molecule has 0 saturated carbocycles. The number of aliphatic hydroxyl groups excluding tert-OH is 1. The topological polar surface area (TPSA) is 233 Å². The van der Waals surface area contributed by atoms with Crippen molar-refractivity contribution in [3.05, 3.63) is 59.7 Å². The van der Waals surface area contributed by atoms with Gasteiger partial charge >= 0.3 is 12.1 Å². The number of hydrogen-bond acceptors (Lipinski definition) is 9. The Morgan fingerprint density at radius 2 is 1.30 bits per heavy atom. The molecule has 0 unspecified atom stereocenters. The molecule has 16 heteroatoms. The lowest BCUT2D eigenvalue weighted by Gasteiger charge is -2.30. The van der Waals surface area contributed by atoms with Gasteiger partial charge in [-0.3, -0.25) is 24.0 Å². The Kier molecular flexibility index (Phi) is 17.0. The summed E-state index contributed by atoms with van der Waals surface area (Å²) in [6, 6.07) is 9.11. The molecule has 7 N–H and O–H groups in total. The highest BCUT2D eigenvalue weighted by molar-refractivity contribution is 5.97. The number of hydrogen-bond donors (Lipinski definition) is 7. The molecule has 2 aliphatic rings. The molecule has 6 amide bonds.